The standard InChI is InChI=1S/C55H39N5/c1-55-48-22-12-11-20-46(48)51-47(21-13-35-56-51)52(55)59-54(44-18-9-4-10-19-44)60(55)45-33-31-40(32-34-45)39-25-29-42(30-26-39)50-36-49(57-53(58-50)43-16-7-3-8-17-43)41-27-23-38(24-28-41)37-14-5-2-6-15-37/h2-36,52H,1H3. The van der Waals surface area contributed by atoms with Crippen molar-refractivity contribution in [2.24, 2.45) is 4.99 Å². The Balaban J connectivity index is 0.937. The number of aliphatic imine (C=N–C) groups is 1. The first kappa shape index (κ1) is 35.4. The summed E-state index contributed by atoms with van der Waals surface area (Å²) in [6, 6.07) is 72.3. The number of rotatable bonds is 7. The highest BCUT2D eigenvalue weighted by molar-refractivity contribution is 6.13. The Kier molecular flexibility index (Phi) is 8.59. The van der Waals surface area contributed by atoms with E-state index in [9.17, 15) is 0 Å². The lowest BCUT2D eigenvalue weighted by atomic mass is 9.72. The van der Waals surface area contributed by atoms with Crippen LogP contribution in [0.5, 0.6) is 0 Å². The first-order valence-electron chi connectivity index (χ1n) is 20.4. The van der Waals surface area contributed by atoms with E-state index in [1.54, 1.807) is 0 Å². The fourth-order valence-corrected chi connectivity index (χ4v) is 9.02. The highest BCUT2D eigenvalue weighted by Gasteiger charge is 2.53. The van der Waals surface area contributed by atoms with Crippen molar-refractivity contribution < 1.29 is 0 Å². The van der Waals surface area contributed by atoms with Crippen LogP contribution in [0.3, 0.4) is 0 Å². The predicted molar refractivity (Wildman–Crippen MR) is 244 cm³/mol. The van der Waals surface area contributed by atoms with E-state index in [-0.39, 0.29) is 6.04 Å². The number of amidine groups is 1. The third-order valence-corrected chi connectivity index (χ3v) is 12.0. The van der Waals surface area contributed by atoms with Crippen molar-refractivity contribution in [3.05, 3.63) is 229 Å². The van der Waals surface area contributed by atoms with E-state index in [1.807, 2.05) is 36.5 Å². The van der Waals surface area contributed by atoms with Crippen molar-refractivity contribution in [3.8, 4) is 67.4 Å². The van der Waals surface area contributed by atoms with Gasteiger partial charge in [-0.15, -0.1) is 0 Å². The van der Waals surface area contributed by atoms with Gasteiger partial charge in [-0.1, -0.05) is 182 Å². The summed E-state index contributed by atoms with van der Waals surface area (Å²) in [5, 5.41) is 0. The van der Waals surface area contributed by atoms with Gasteiger partial charge in [-0.2, -0.15) is 0 Å². The SMILES string of the molecule is CC12c3ccccc3-c3ncccc3C1N=C(c1ccccc1)N2c1ccc(-c2ccc(-c3cc(-c4ccc(-c5ccccc5)cc4)nc(-c4ccccc4)n3)cc2)cc1. The lowest BCUT2D eigenvalue weighted by Crippen LogP contribution is -2.48. The smallest absolute Gasteiger partial charge is 0.160 e. The van der Waals surface area contributed by atoms with Crippen LogP contribution in [0, 0.1) is 0 Å². The number of anilines is 1. The van der Waals surface area contributed by atoms with Gasteiger partial charge in [0.2, 0.25) is 0 Å². The summed E-state index contributed by atoms with van der Waals surface area (Å²) in [4.78, 5) is 23.0. The van der Waals surface area contributed by atoms with Gasteiger partial charge in [-0.05, 0) is 59.0 Å². The molecule has 0 spiro atoms. The zero-order chi connectivity index (χ0) is 40.0. The van der Waals surface area contributed by atoms with E-state index in [0.29, 0.717) is 5.82 Å². The molecule has 0 saturated heterocycles. The topological polar surface area (TPSA) is 54.3 Å². The van der Waals surface area contributed by atoms with Crippen LogP contribution in [0.25, 0.3) is 67.4 Å². The molecule has 5 heteroatoms. The second-order valence-corrected chi connectivity index (χ2v) is 15.6. The van der Waals surface area contributed by atoms with Crippen LogP contribution in [0.4, 0.5) is 5.69 Å². The van der Waals surface area contributed by atoms with Crippen LogP contribution in [-0.4, -0.2) is 20.8 Å². The van der Waals surface area contributed by atoms with Crippen molar-refractivity contribution in [2.75, 3.05) is 4.90 Å². The molecule has 11 rings (SSSR count). The number of hydrogen-bond acceptors (Lipinski definition) is 5. The molecule has 0 radical (unpaired) electrons. The fraction of sp³-hybridized carbons (Fsp3) is 0.0545. The van der Waals surface area contributed by atoms with Crippen molar-refractivity contribution in [1.82, 2.24) is 15.0 Å². The summed E-state index contributed by atoms with van der Waals surface area (Å²) < 4.78 is 0. The van der Waals surface area contributed by atoms with Crippen molar-refractivity contribution >= 4 is 11.5 Å². The first-order valence-corrected chi connectivity index (χ1v) is 20.4. The molecule has 2 aliphatic rings. The Morgan fingerprint density at radius 3 is 1.53 bits per heavy atom. The predicted octanol–water partition coefficient (Wildman–Crippen LogP) is 13.1. The molecule has 0 fully saturated rings. The molecule has 284 valence electrons. The molecule has 0 N–H and O–H groups in total. The summed E-state index contributed by atoms with van der Waals surface area (Å²) in [6.07, 6.45) is 1.89. The molecule has 5 nitrogen and oxygen atoms in total. The van der Waals surface area contributed by atoms with Crippen LogP contribution >= 0.6 is 0 Å². The molecule has 2 aromatic heterocycles. The molecule has 1 aliphatic heterocycles. The minimum Gasteiger partial charge on any atom is -0.314 e. The van der Waals surface area contributed by atoms with Gasteiger partial charge in [0.05, 0.1) is 22.6 Å². The summed E-state index contributed by atoms with van der Waals surface area (Å²) in [6.45, 7) is 2.33. The van der Waals surface area contributed by atoms with Crippen molar-refractivity contribution in [1.29, 1.82) is 0 Å². The normalized spacial score (nSPS) is 16.4. The summed E-state index contributed by atoms with van der Waals surface area (Å²) in [5.74, 6) is 1.66. The molecule has 1 aliphatic carbocycles. The molecule has 2 unspecified atom stereocenters. The molecule has 7 aromatic carbocycles. The Labute approximate surface area is 350 Å². The van der Waals surface area contributed by atoms with Crippen molar-refractivity contribution in [2.45, 2.75) is 18.5 Å². The maximum Gasteiger partial charge on any atom is 0.160 e. The quantitative estimate of drug-likeness (QED) is 0.162. The minimum atomic E-state index is -0.472. The Morgan fingerprint density at radius 1 is 0.450 bits per heavy atom. The second-order valence-electron chi connectivity index (χ2n) is 15.6. The Morgan fingerprint density at radius 2 is 0.933 bits per heavy atom. The molecule has 0 bridgehead atoms. The van der Waals surface area contributed by atoms with Gasteiger partial charge in [0.1, 0.15) is 11.9 Å². The lowest BCUT2D eigenvalue weighted by molar-refractivity contribution is 0.421. The third kappa shape index (κ3) is 6.02. The summed E-state index contributed by atoms with van der Waals surface area (Å²) >= 11 is 0. The zero-order valence-electron chi connectivity index (χ0n) is 33.0. The molecule has 60 heavy (non-hydrogen) atoms. The number of hydrogen-bond donors (Lipinski definition) is 0. The van der Waals surface area contributed by atoms with Crippen LogP contribution in [0.15, 0.2) is 217 Å². The number of nitrogens with zero attached hydrogens (tertiary/aromatic N) is 5. The summed E-state index contributed by atoms with van der Waals surface area (Å²) in [7, 11) is 0. The van der Waals surface area contributed by atoms with Gasteiger partial charge in [0.15, 0.2) is 5.82 Å². The number of pyridine rings is 1. The molecule has 3 heterocycles. The molecular formula is C55H39N5. The third-order valence-electron chi connectivity index (χ3n) is 12.0. The Bertz CT molecular complexity index is 3020. The average Bonchev–Trinajstić information content (AvgIpc) is 3.66. The van der Waals surface area contributed by atoms with Gasteiger partial charge in [0.25, 0.3) is 0 Å². The number of fused-ring (bicyclic) bond motifs is 6. The average molecular weight is 770 g/mol. The first-order chi connectivity index (χ1) is 29.6. The van der Waals surface area contributed by atoms with Gasteiger partial charge in [-0.3, -0.25) is 9.98 Å². The van der Waals surface area contributed by atoms with E-state index < -0.39 is 5.54 Å². The monoisotopic (exact) mass is 769 g/mol. The largest absolute Gasteiger partial charge is 0.314 e. The van der Waals surface area contributed by atoms with Gasteiger partial charge in [-0.25, -0.2) is 9.97 Å². The second kappa shape index (κ2) is 14.6. The van der Waals surface area contributed by atoms with Crippen LogP contribution in [-0.2, 0) is 5.54 Å². The maximum atomic E-state index is 5.53. The molecule has 0 amide bonds. The molecule has 2 atom stereocenters. The van der Waals surface area contributed by atoms with Gasteiger partial charge in [0, 0.05) is 45.3 Å². The van der Waals surface area contributed by atoms with Crippen molar-refractivity contribution in [3.63, 3.8) is 0 Å². The van der Waals surface area contributed by atoms with Gasteiger partial charge < -0.3 is 4.90 Å². The van der Waals surface area contributed by atoms with Crippen LogP contribution in [0.1, 0.15) is 29.7 Å². The van der Waals surface area contributed by atoms with E-state index in [2.05, 4.69) is 188 Å². The van der Waals surface area contributed by atoms with E-state index in [4.69, 9.17) is 19.9 Å². The minimum absolute atomic E-state index is 0.128. The van der Waals surface area contributed by atoms with Crippen LogP contribution in [0.2, 0.25) is 0 Å². The fourth-order valence-electron chi connectivity index (χ4n) is 9.02. The molecular weight excluding hydrogens is 731 g/mol. The van der Waals surface area contributed by atoms with E-state index in [1.165, 1.54) is 16.7 Å². The Hall–Kier alpha value is -7.76. The van der Waals surface area contributed by atoms with E-state index in [0.717, 1.165) is 73.1 Å². The lowest BCUT2D eigenvalue weighted by Gasteiger charge is -2.45. The molecule has 9 aromatic rings. The maximum absolute atomic E-state index is 5.53. The number of aromatic nitrogens is 3. The van der Waals surface area contributed by atoms with Gasteiger partial charge >= 0.3 is 0 Å². The zero-order valence-corrected chi connectivity index (χ0v) is 33.0. The molecule has 0 saturated carbocycles. The highest BCUT2D eigenvalue weighted by atomic mass is 15.3. The highest BCUT2D eigenvalue weighted by Crippen LogP contribution is 2.57. The van der Waals surface area contributed by atoms with Crippen LogP contribution < -0.4 is 4.90 Å². The summed E-state index contributed by atoms with van der Waals surface area (Å²) in [5.41, 5.74) is 15.7. The van der Waals surface area contributed by atoms with E-state index >= 15 is 0 Å². The number of benzene rings is 7.